The van der Waals surface area contributed by atoms with Crippen LogP contribution in [-0.4, -0.2) is 40.8 Å². The second kappa shape index (κ2) is 13.8. The van der Waals surface area contributed by atoms with Gasteiger partial charge in [-0.1, -0.05) is 31.2 Å². The van der Waals surface area contributed by atoms with Crippen molar-refractivity contribution in [1.29, 1.82) is 0 Å². The van der Waals surface area contributed by atoms with Crippen LogP contribution in [-0.2, 0) is 14.3 Å². The first-order valence-corrected chi connectivity index (χ1v) is 12.3. The van der Waals surface area contributed by atoms with Gasteiger partial charge in [-0.3, -0.25) is 4.79 Å². The fourth-order valence-corrected chi connectivity index (χ4v) is 4.82. The van der Waals surface area contributed by atoms with Gasteiger partial charge in [-0.25, -0.2) is 0 Å². The highest BCUT2D eigenvalue weighted by molar-refractivity contribution is 5.66. The minimum absolute atomic E-state index is 0.163. The number of carboxylic acid groups (broad SMARTS) is 1. The van der Waals surface area contributed by atoms with Gasteiger partial charge in [0.15, 0.2) is 6.29 Å². The Labute approximate surface area is 194 Å². The van der Waals surface area contributed by atoms with Crippen LogP contribution in [0, 0.1) is 29.6 Å². The quantitative estimate of drug-likeness (QED) is 0.236. The molecule has 2 aliphatic rings. The number of aliphatic hydroxyl groups is 1. The molecule has 0 radical (unpaired) electrons. The van der Waals surface area contributed by atoms with Crippen LogP contribution in [0.1, 0.15) is 85.0 Å². The van der Waals surface area contributed by atoms with Gasteiger partial charge >= 0.3 is 5.97 Å². The number of aliphatic carboxylic acids is 1. The number of allylic oxidation sites excluding steroid dienone is 3. The fraction of sp³-hybridized carbons (Fsp3) is 0.741. The van der Waals surface area contributed by atoms with Gasteiger partial charge in [-0.2, -0.15) is 0 Å². The van der Waals surface area contributed by atoms with Crippen molar-refractivity contribution in [3.63, 3.8) is 0 Å². The summed E-state index contributed by atoms with van der Waals surface area (Å²) < 4.78 is 12.3. The van der Waals surface area contributed by atoms with E-state index in [0.29, 0.717) is 12.3 Å². The second-order valence-electron chi connectivity index (χ2n) is 9.53. The standard InChI is InChI=1S/C27H42O5/c1-4-5-11-17-27(3,32-26-15-10-12-19-31-26)18-16-22-21(2)20-24(28)23(22)13-8-6-7-9-14-25(29)30/h6,8,16,18,21-24,26,28H,7,9-15,17,19-20H2,1-3H3,(H,29,30)/t21-,22+,23-,24+,26?,27?/m1/s1. The predicted octanol–water partition coefficient (Wildman–Crippen LogP) is 5.48. The maximum atomic E-state index is 10.7. The molecule has 1 saturated carbocycles. The first-order chi connectivity index (χ1) is 15.3. The summed E-state index contributed by atoms with van der Waals surface area (Å²) in [7, 11) is 0. The molecule has 2 unspecified atom stereocenters. The van der Waals surface area contributed by atoms with Crippen molar-refractivity contribution in [2.24, 2.45) is 17.8 Å². The first-order valence-electron chi connectivity index (χ1n) is 12.3. The Morgan fingerprint density at radius 1 is 1.31 bits per heavy atom. The minimum atomic E-state index is -0.752. The van der Waals surface area contributed by atoms with E-state index in [0.717, 1.165) is 58.0 Å². The van der Waals surface area contributed by atoms with Gasteiger partial charge in [0.2, 0.25) is 0 Å². The van der Waals surface area contributed by atoms with Crippen LogP contribution < -0.4 is 0 Å². The van der Waals surface area contributed by atoms with Crippen LogP contribution in [0.15, 0.2) is 24.3 Å². The van der Waals surface area contributed by atoms with Crippen molar-refractivity contribution in [2.45, 2.75) is 103 Å². The van der Waals surface area contributed by atoms with E-state index >= 15 is 0 Å². The lowest BCUT2D eigenvalue weighted by Crippen LogP contribution is -2.35. The number of carboxylic acids is 1. The van der Waals surface area contributed by atoms with E-state index in [1.54, 1.807) is 0 Å². The summed E-state index contributed by atoms with van der Waals surface area (Å²) in [5, 5.41) is 19.4. The topological polar surface area (TPSA) is 76.0 Å². The number of hydrogen-bond donors (Lipinski definition) is 2. The lowest BCUT2D eigenvalue weighted by Gasteiger charge is -2.34. The van der Waals surface area contributed by atoms with E-state index in [2.05, 4.69) is 50.0 Å². The number of carbonyl (C=O) groups is 1. The fourth-order valence-electron chi connectivity index (χ4n) is 4.82. The highest BCUT2D eigenvalue weighted by Crippen LogP contribution is 2.41. The molecule has 6 atom stereocenters. The zero-order valence-electron chi connectivity index (χ0n) is 20.1. The smallest absolute Gasteiger partial charge is 0.303 e. The number of hydrogen-bond acceptors (Lipinski definition) is 4. The Bertz CT molecular complexity index is 682. The molecule has 0 aromatic heterocycles. The van der Waals surface area contributed by atoms with Crippen LogP contribution in [0.4, 0.5) is 0 Å². The lowest BCUT2D eigenvalue weighted by molar-refractivity contribution is -0.207. The van der Waals surface area contributed by atoms with E-state index in [1.165, 1.54) is 0 Å². The van der Waals surface area contributed by atoms with E-state index in [-0.39, 0.29) is 30.7 Å². The summed E-state index contributed by atoms with van der Waals surface area (Å²) in [6, 6.07) is 0. The number of ether oxygens (including phenoxy) is 2. The van der Waals surface area contributed by atoms with Crippen molar-refractivity contribution in [3.05, 3.63) is 24.3 Å². The van der Waals surface area contributed by atoms with E-state index in [9.17, 15) is 9.90 Å². The molecule has 5 nitrogen and oxygen atoms in total. The van der Waals surface area contributed by atoms with E-state index in [4.69, 9.17) is 14.6 Å². The number of rotatable bonds is 12. The third-order valence-electron chi connectivity index (χ3n) is 6.73. The molecule has 0 aromatic rings. The SMILES string of the molecule is CC#CCCC(C)(C=C[C@@H]1[C@@H](CC=CCCCC(=O)O)[C@@H](O)C[C@H]1C)OC1CCCCO1. The average Bonchev–Trinajstić information content (AvgIpc) is 3.02. The molecule has 0 aromatic carbocycles. The van der Waals surface area contributed by atoms with Gasteiger partial charge in [-0.05, 0) is 83.0 Å². The maximum absolute atomic E-state index is 10.7. The van der Waals surface area contributed by atoms with Crippen LogP contribution in [0.3, 0.4) is 0 Å². The van der Waals surface area contributed by atoms with Crippen LogP contribution in [0.25, 0.3) is 0 Å². The highest BCUT2D eigenvalue weighted by atomic mass is 16.7. The van der Waals surface area contributed by atoms with Crippen molar-refractivity contribution >= 4 is 5.97 Å². The molecule has 1 aliphatic carbocycles. The summed E-state index contributed by atoms with van der Waals surface area (Å²) in [5.41, 5.74) is -0.448. The van der Waals surface area contributed by atoms with Crippen LogP contribution in [0.5, 0.6) is 0 Å². The normalized spacial score (nSPS) is 30.3. The zero-order valence-corrected chi connectivity index (χ0v) is 20.1. The van der Waals surface area contributed by atoms with Crippen molar-refractivity contribution in [2.75, 3.05) is 6.61 Å². The molecule has 5 heteroatoms. The van der Waals surface area contributed by atoms with Gasteiger partial charge in [-0.15, -0.1) is 11.8 Å². The Balaban J connectivity index is 2.02. The highest BCUT2D eigenvalue weighted by Gasteiger charge is 2.38. The van der Waals surface area contributed by atoms with E-state index < -0.39 is 11.6 Å². The molecule has 1 aliphatic heterocycles. The summed E-state index contributed by atoms with van der Waals surface area (Å²) in [5.74, 6) is 6.22. The molecule has 32 heavy (non-hydrogen) atoms. The molecule has 2 N–H and O–H groups in total. The first kappa shape index (κ1) is 26.6. The van der Waals surface area contributed by atoms with Gasteiger partial charge in [0.1, 0.15) is 0 Å². The third kappa shape index (κ3) is 9.10. The largest absolute Gasteiger partial charge is 0.481 e. The predicted molar refractivity (Wildman–Crippen MR) is 127 cm³/mol. The second-order valence-corrected chi connectivity index (χ2v) is 9.53. The monoisotopic (exact) mass is 446 g/mol. The van der Waals surface area contributed by atoms with Crippen molar-refractivity contribution < 1.29 is 24.5 Å². The summed E-state index contributed by atoms with van der Waals surface area (Å²) in [6.45, 7) is 6.94. The van der Waals surface area contributed by atoms with Crippen molar-refractivity contribution in [1.82, 2.24) is 0 Å². The Morgan fingerprint density at radius 2 is 2.12 bits per heavy atom. The molecule has 1 heterocycles. The number of unbranched alkanes of at least 4 members (excludes halogenated alkanes) is 1. The van der Waals surface area contributed by atoms with Crippen LogP contribution >= 0.6 is 0 Å². The van der Waals surface area contributed by atoms with Gasteiger partial charge in [0, 0.05) is 19.4 Å². The zero-order chi connectivity index (χ0) is 23.4. The van der Waals surface area contributed by atoms with Crippen molar-refractivity contribution in [3.8, 4) is 11.8 Å². The molecule has 1 saturated heterocycles. The summed E-state index contributed by atoms with van der Waals surface area (Å²) >= 11 is 0. The number of aliphatic hydroxyl groups excluding tert-OH is 1. The van der Waals surface area contributed by atoms with Crippen LogP contribution in [0.2, 0.25) is 0 Å². The molecule has 0 amide bonds. The summed E-state index contributed by atoms with van der Waals surface area (Å²) in [6.07, 6.45) is 16.1. The molecule has 0 spiro atoms. The lowest BCUT2D eigenvalue weighted by atomic mass is 9.85. The molecule has 2 fully saturated rings. The van der Waals surface area contributed by atoms with Gasteiger partial charge < -0.3 is 19.7 Å². The molecular formula is C27H42O5. The average molecular weight is 447 g/mol. The Kier molecular flexibility index (Phi) is 11.5. The Hall–Kier alpha value is -1.61. The molecular weight excluding hydrogens is 404 g/mol. The minimum Gasteiger partial charge on any atom is -0.481 e. The third-order valence-corrected chi connectivity index (χ3v) is 6.73. The Morgan fingerprint density at radius 3 is 2.81 bits per heavy atom. The van der Waals surface area contributed by atoms with Gasteiger partial charge in [0.25, 0.3) is 0 Å². The van der Waals surface area contributed by atoms with Gasteiger partial charge in [0.05, 0.1) is 11.7 Å². The molecule has 0 bridgehead atoms. The molecule has 180 valence electrons. The maximum Gasteiger partial charge on any atom is 0.303 e. The van der Waals surface area contributed by atoms with E-state index in [1.807, 2.05) is 6.92 Å². The molecule has 2 rings (SSSR count). The summed E-state index contributed by atoms with van der Waals surface area (Å²) in [4.78, 5) is 10.6.